The van der Waals surface area contributed by atoms with Crippen LogP contribution in [0, 0.1) is 0 Å². The fraction of sp³-hybridized carbons (Fsp3) is 0. The van der Waals surface area contributed by atoms with Crippen molar-refractivity contribution in [3.63, 3.8) is 0 Å². The van der Waals surface area contributed by atoms with E-state index in [0.29, 0.717) is 32.5 Å². The summed E-state index contributed by atoms with van der Waals surface area (Å²) in [7, 11) is 0. The molecule has 0 unspecified atom stereocenters. The monoisotopic (exact) mass is 243 g/mol. The smallest absolute Gasteiger partial charge is 0.201 e. The number of benzene rings is 2. The minimum absolute atomic E-state index is 0.0980. The molecule has 0 spiro atoms. The van der Waals surface area contributed by atoms with E-state index in [-0.39, 0.29) is 5.43 Å². The van der Waals surface area contributed by atoms with Gasteiger partial charge in [-0.25, -0.2) is 0 Å². The zero-order chi connectivity index (χ0) is 12.0. The summed E-state index contributed by atoms with van der Waals surface area (Å²) < 4.78 is 5.66. The van der Waals surface area contributed by atoms with Gasteiger partial charge in [0.25, 0.3) is 0 Å². The normalized spacial score (nSPS) is 11.1. The molecule has 84 valence electrons. The van der Waals surface area contributed by atoms with Gasteiger partial charge in [0.1, 0.15) is 11.2 Å². The topological polar surface area (TPSA) is 56.2 Å². The third kappa shape index (κ3) is 1.41. The fourth-order valence-electron chi connectivity index (χ4n) is 1.89. The molecule has 0 fully saturated rings. The van der Waals surface area contributed by atoms with Crippen molar-refractivity contribution in [2.24, 2.45) is 0 Å². The Morgan fingerprint density at radius 1 is 1.06 bits per heavy atom. The van der Waals surface area contributed by atoms with Crippen LogP contribution in [0.3, 0.4) is 0 Å². The van der Waals surface area contributed by atoms with Gasteiger partial charge in [-0.2, -0.15) is 0 Å². The van der Waals surface area contributed by atoms with E-state index in [1.54, 1.807) is 30.3 Å². The molecular weight excluding hydrogens is 234 g/mol. The molecule has 17 heavy (non-hydrogen) atoms. The average molecular weight is 243 g/mol. The summed E-state index contributed by atoms with van der Waals surface area (Å²) in [6, 6.07) is 10.5. The van der Waals surface area contributed by atoms with Crippen LogP contribution in [0.15, 0.2) is 50.5 Å². The predicted molar refractivity (Wildman–Crippen MR) is 71.7 cm³/mol. The number of nitrogen functional groups attached to an aromatic ring is 1. The second-order valence-corrected chi connectivity index (χ2v) is 4.25. The van der Waals surface area contributed by atoms with Crippen molar-refractivity contribution in [1.82, 2.24) is 0 Å². The lowest BCUT2D eigenvalue weighted by molar-refractivity contribution is 0.659. The number of hydrogen-bond acceptors (Lipinski definition) is 4. The first-order chi connectivity index (χ1) is 8.18. The van der Waals surface area contributed by atoms with Crippen LogP contribution in [0.25, 0.3) is 21.9 Å². The minimum Gasteiger partial charge on any atom is -0.456 e. The van der Waals surface area contributed by atoms with Crippen LogP contribution in [0.2, 0.25) is 0 Å². The molecule has 0 bridgehead atoms. The fourth-order valence-corrected chi connectivity index (χ4v) is 2.18. The van der Waals surface area contributed by atoms with Crippen molar-refractivity contribution in [1.29, 1.82) is 0 Å². The maximum absolute atomic E-state index is 12.3. The predicted octanol–water partition coefficient (Wildman–Crippen LogP) is 2.82. The molecule has 3 nitrogen and oxygen atoms in total. The SMILES string of the molecule is Nc1ccc2oc3ccccc3c(=O)c2c1S. The minimum atomic E-state index is -0.0980. The maximum atomic E-state index is 12.3. The highest BCUT2D eigenvalue weighted by atomic mass is 32.1. The molecule has 3 rings (SSSR count). The summed E-state index contributed by atoms with van der Waals surface area (Å²) in [5, 5.41) is 0.980. The van der Waals surface area contributed by atoms with Crippen LogP contribution in [-0.2, 0) is 0 Å². The Kier molecular flexibility index (Phi) is 2.12. The molecule has 2 N–H and O–H groups in total. The van der Waals surface area contributed by atoms with E-state index < -0.39 is 0 Å². The van der Waals surface area contributed by atoms with E-state index in [9.17, 15) is 4.79 Å². The summed E-state index contributed by atoms with van der Waals surface area (Å²) >= 11 is 4.27. The molecule has 2 aromatic carbocycles. The van der Waals surface area contributed by atoms with Crippen LogP contribution in [0.4, 0.5) is 5.69 Å². The van der Waals surface area contributed by atoms with Gasteiger partial charge >= 0.3 is 0 Å². The molecule has 0 aliphatic carbocycles. The Hall–Kier alpha value is -1.94. The molecule has 0 aliphatic heterocycles. The molecule has 0 atom stereocenters. The van der Waals surface area contributed by atoms with Crippen molar-refractivity contribution in [3.05, 3.63) is 46.6 Å². The Morgan fingerprint density at radius 3 is 2.65 bits per heavy atom. The first-order valence-electron chi connectivity index (χ1n) is 5.11. The molecule has 0 aliphatic rings. The molecule has 0 amide bonds. The third-order valence-corrected chi connectivity index (χ3v) is 3.23. The van der Waals surface area contributed by atoms with E-state index in [0.717, 1.165) is 0 Å². The number of anilines is 1. The lowest BCUT2D eigenvalue weighted by atomic mass is 10.1. The van der Waals surface area contributed by atoms with Gasteiger partial charge in [0.2, 0.25) is 5.43 Å². The molecule has 1 heterocycles. The summed E-state index contributed by atoms with van der Waals surface area (Å²) in [6.45, 7) is 0. The summed E-state index contributed by atoms with van der Waals surface area (Å²) in [6.07, 6.45) is 0. The van der Waals surface area contributed by atoms with E-state index in [4.69, 9.17) is 10.2 Å². The number of fused-ring (bicyclic) bond motifs is 2. The van der Waals surface area contributed by atoms with Crippen LogP contribution in [0.5, 0.6) is 0 Å². The van der Waals surface area contributed by atoms with Gasteiger partial charge < -0.3 is 10.2 Å². The standard InChI is InChI=1S/C13H9NO2S/c14-8-5-6-10-11(13(8)17)12(15)7-3-1-2-4-9(7)16-10/h1-6,17H,14H2. The number of rotatable bonds is 0. The molecule has 0 saturated heterocycles. The van der Waals surface area contributed by atoms with Gasteiger partial charge in [-0.3, -0.25) is 4.79 Å². The van der Waals surface area contributed by atoms with Gasteiger partial charge in [0.05, 0.1) is 10.8 Å². The number of para-hydroxylation sites is 1. The Balaban J connectivity index is 2.66. The van der Waals surface area contributed by atoms with Gasteiger partial charge in [0.15, 0.2) is 0 Å². The second kappa shape index (κ2) is 3.53. The molecule has 3 aromatic rings. The summed E-state index contributed by atoms with van der Waals surface area (Å²) in [4.78, 5) is 12.8. The van der Waals surface area contributed by atoms with E-state index in [2.05, 4.69) is 12.6 Å². The van der Waals surface area contributed by atoms with Crippen LogP contribution >= 0.6 is 12.6 Å². The Bertz CT molecular complexity index is 792. The molecule has 0 saturated carbocycles. The van der Waals surface area contributed by atoms with Crippen molar-refractivity contribution >= 4 is 40.3 Å². The summed E-state index contributed by atoms with van der Waals surface area (Å²) in [5.41, 5.74) is 7.20. The molecular formula is C13H9NO2S. The van der Waals surface area contributed by atoms with Crippen molar-refractivity contribution in [3.8, 4) is 0 Å². The van der Waals surface area contributed by atoms with Gasteiger partial charge in [-0.05, 0) is 24.3 Å². The number of nitrogens with two attached hydrogens (primary N) is 1. The van der Waals surface area contributed by atoms with E-state index in [1.807, 2.05) is 6.07 Å². The largest absolute Gasteiger partial charge is 0.456 e. The third-order valence-electron chi connectivity index (χ3n) is 2.75. The summed E-state index contributed by atoms with van der Waals surface area (Å²) in [5.74, 6) is 0. The molecule has 0 radical (unpaired) electrons. The first-order valence-corrected chi connectivity index (χ1v) is 5.56. The van der Waals surface area contributed by atoms with Gasteiger partial charge in [-0.1, -0.05) is 12.1 Å². The van der Waals surface area contributed by atoms with Crippen LogP contribution < -0.4 is 11.2 Å². The molecule has 4 heteroatoms. The van der Waals surface area contributed by atoms with Crippen molar-refractivity contribution in [2.75, 3.05) is 5.73 Å². The second-order valence-electron chi connectivity index (χ2n) is 3.80. The van der Waals surface area contributed by atoms with Gasteiger partial charge in [0, 0.05) is 10.6 Å². The van der Waals surface area contributed by atoms with Crippen LogP contribution in [0.1, 0.15) is 0 Å². The van der Waals surface area contributed by atoms with E-state index >= 15 is 0 Å². The van der Waals surface area contributed by atoms with Crippen molar-refractivity contribution in [2.45, 2.75) is 4.90 Å². The highest BCUT2D eigenvalue weighted by Gasteiger charge is 2.11. The number of thiol groups is 1. The van der Waals surface area contributed by atoms with Crippen molar-refractivity contribution < 1.29 is 4.42 Å². The zero-order valence-electron chi connectivity index (χ0n) is 8.81. The highest BCUT2D eigenvalue weighted by Crippen LogP contribution is 2.27. The maximum Gasteiger partial charge on any atom is 0.201 e. The lowest BCUT2D eigenvalue weighted by Gasteiger charge is -2.05. The lowest BCUT2D eigenvalue weighted by Crippen LogP contribution is -2.04. The molecule has 1 aromatic heterocycles. The average Bonchev–Trinajstić information content (AvgIpc) is 2.34. The Morgan fingerprint density at radius 2 is 1.82 bits per heavy atom. The number of hydrogen-bond donors (Lipinski definition) is 2. The first kappa shape index (κ1) is 10.2. The highest BCUT2D eigenvalue weighted by molar-refractivity contribution is 7.80. The van der Waals surface area contributed by atoms with Gasteiger partial charge in [-0.15, -0.1) is 12.6 Å². The van der Waals surface area contributed by atoms with E-state index in [1.165, 1.54) is 0 Å². The zero-order valence-corrected chi connectivity index (χ0v) is 9.70. The Labute approximate surface area is 102 Å². The quantitative estimate of drug-likeness (QED) is 0.362. The van der Waals surface area contributed by atoms with Crippen LogP contribution in [-0.4, -0.2) is 0 Å².